The molecular formula is C13H20N4O. The maximum absolute atomic E-state index is 5.71. The maximum Gasteiger partial charge on any atom is 0.147 e. The van der Waals surface area contributed by atoms with E-state index in [0.717, 1.165) is 37.0 Å². The van der Waals surface area contributed by atoms with E-state index in [4.69, 9.17) is 10.5 Å². The quantitative estimate of drug-likeness (QED) is 0.813. The van der Waals surface area contributed by atoms with Crippen molar-refractivity contribution in [3.63, 3.8) is 0 Å². The van der Waals surface area contributed by atoms with Crippen molar-refractivity contribution in [2.75, 3.05) is 37.4 Å². The van der Waals surface area contributed by atoms with Gasteiger partial charge in [-0.1, -0.05) is 0 Å². The van der Waals surface area contributed by atoms with Crippen LogP contribution in [0.25, 0.3) is 0 Å². The van der Waals surface area contributed by atoms with Crippen LogP contribution in [-0.4, -0.2) is 37.8 Å². The molecule has 1 aromatic rings. The lowest BCUT2D eigenvalue weighted by Gasteiger charge is -2.26. The molecule has 0 aliphatic carbocycles. The van der Waals surface area contributed by atoms with Crippen LogP contribution in [0.2, 0.25) is 0 Å². The number of piperidine rings is 1. The number of nitrogens with zero attached hydrogens (tertiary/aromatic N) is 2. The Kier molecular flexibility index (Phi) is 2.99. The monoisotopic (exact) mass is 248 g/mol. The van der Waals surface area contributed by atoms with Gasteiger partial charge in [0.25, 0.3) is 0 Å². The van der Waals surface area contributed by atoms with Gasteiger partial charge in [-0.3, -0.25) is 0 Å². The molecule has 4 rings (SSSR count). The molecule has 0 spiro atoms. The minimum absolute atomic E-state index is 0.506. The zero-order chi connectivity index (χ0) is 12.5. The third-order valence-electron chi connectivity index (χ3n) is 3.97. The summed E-state index contributed by atoms with van der Waals surface area (Å²) < 4.78 is 5.43. The largest absolute Gasteiger partial charge is 0.494 e. The number of anilines is 2. The van der Waals surface area contributed by atoms with E-state index in [1.807, 2.05) is 6.20 Å². The molecule has 2 bridgehead atoms. The molecule has 3 aliphatic rings. The van der Waals surface area contributed by atoms with Crippen LogP contribution >= 0.6 is 0 Å². The van der Waals surface area contributed by atoms with Gasteiger partial charge in [0.15, 0.2) is 0 Å². The van der Waals surface area contributed by atoms with Crippen LogP contribution in [0.5, 0.6) is 5.75 Å². The van der Waals surface area contributed by atoms with Gasteiger partial charge >= 0.3 is 0 Å². The van der Waals surface area contributed by atoms with Gasteiger partial charge in [-0.05, 0) is 25.3 Å². The molecule has 5 heteroatoms. The first kappa shape index (κ1) is 11.6. The van der Waals surface area contributed by atoms with Crippen molar-refractivity contribution in [3.05, 3.63) is 12.3 Å². The predicted molar refractivity (Wildman–Crippen MR) is 71.9 cm³/mol. The van der Waals surface area contributed by atoms with Crippen LogP contribution in [0, 0.1) is 5.92 Å². The minimum Gasteiger partial charge on any atom is -0.494 e. The average molecular weight is 248 g/mol. The zero-order valence-electron chi connectivity index (χ0n) is 10.7. The Morgan fingerprint density at radius 2 is 2.33 bits per heavy atom. The van der Waals surface area contributed by atoms with Gasteiger partial charge in [0, 0.05) is 25.2 Å². The van der Waals surface area contributed by atoms with E-state index in [1.54, 1.807) is 13.2 Å². The lowest BCUT2D eigenvalue weighted by atomic mass is 9.97. The molecule has 0 saturated carbocycles. The number of hydrogen-bond acceptors (Lipinski definition) is 5. The van der Waals surface area contributed by atoms with Crippen molar-refractivity contribution in [3.8, 4) is 5.75 Å². The number of ether oxygens (including phenoxy) is 1. The standard InChI is InChI=1S/C13H20N4O/c1-18-12-4-13(14)16-6-11(12)17-7-9-2-3-10(8-17)15-5-9/h4,6,9-10,15H,2-3,5,7-8H2,1H3,(H2,14,16). The third-order valence-corrected chi connectivity index (χ3v) is 3.97. The molecule has 3 fully saturated rings. The minimum atomic E-state index is 0.506. The summed E-state index contributed by atoms with van der Waals surface area (Å²) in [5, 5.41) is 3.60. The Labute approximate surface area is 107 Å². The maximum atomic E-state index is 5.71. The number of fused-ring (bicyclic) bond motifs is 4. The fourth-order valence-corrected chi connectivity index (χ4v) is 2.98. The van der Waals surface area contributed by atoms with Crippen molar-refractivity contribution in [1.82, 2.24) is 10.3 Å². The average Bonchev–Trinajstić information content (AvgIpc) is 2.71. The fourth-order valence-electron chi connectivity index (χ4n) is 2.98. The molecule has 3 N–H and O–H groups in total. The summed E-state index contributed by atoms with van der Waals surface area (Å²) in [5.41, 5.74) is 6.77. The Bertz CT molecular complexity index is 415. The van der Waals surface area contributed by atoms with Gasteiger partial charge in [-0.15, -0.1) is 0 Å². The van der Waals surface area contributed by atoms with Gasteiger partial charge in [0.05, 0.1) is 19.0 Å². The van der Waals surface area contributed by atoms with E-state index in [0.29, 0.717) is 11.9 Å². The summed E-state index contributed by atoms with van der Waals surface area (Å²) in [4.78, 5) is 6.58. The number of aromatic nitrogens is 1. The second-order valence-corrected chi connectivity index (χ2v) is 5.23. The Morgan fingerprint density at radius 3 is 3.06 bits per heavy atom. The Hall–Kier alpha value is -1.49. The van der Waals surface area contributed by atoms with Crippen LogP contribution < -0.4 is 20.7 Å². The first-order chi connectivity index (χ1) is 8.76. The number of nitrogen functional groups attached to an aromatic ring is 1. The summed E-state index contributed by atoms with van der Waals surface area (Å²) in [5.74, 6) is 2.06. The molecule has 2 unspecified atom stereocenters. The van der Waals surface area contributed by atoms with Gasteiger partial charge in [0.1, 0.15) is 11.6 Å². The molecule has 2 atom stereocenters. The van der Waals surface area contributed by atoms with E-state index >= 15 is 0 Å². The topological polar surface area (TPSA) is 63.4 Å². The molecule has 3 aliphatic heterocycles. The number of nitrogens with one attached hydrogen (secondary N) is 1. The number of methoxy groups -OCH3 is 1. The van der Waals surface area contributed by atoms with E-state index in [2.05, 4.69) is 15.2 Å². The van der Waals surface area contributed by atoms with Crippen molar-refractivity contribution in [1.29, 1.82) is 0 Å². The normalized spacial score (nSPS) is 27.1. The predicted octanol–water partition coefficient (Wildman–Crippen LogP) is 0.861. The first-order valence-corrected chi connectivity index (χ1v) is 6.54. The number of nitrogens with two attached hydrogens (primary N) is 1. The van der Waals surface area contributed by atoms with Gasteiger partial charge in [-0.25, -0.2) is 4.98 Å². The number of hydrogen-bond donors (Lipinski definition) is 2. The zero-order valence-corrected chi connectivity index (χ0v) is 10.7. The summed E-state index contributed by atoms with van der Waals surface area (Å²) in [6.45, 7) is 3.23. The van der Waals surface area contributed by atoms with E-state index in [9.17, 15) is 0 Å². The van der Waals surface area contributed by atoms with Crippen LogP contribution in [0.15, 0.2) is 12.3 Å². The van der Waals surface area contributed by atoms with Crippen LogP contribution in [-0.2, 0) is 0 Å². The van der Waals surface area contributed by atoms with Crippen LogP contribution in [0.4, 0.5) is 11.5 Å². The van der Waals surface area contributed by atoms with Crippen molar-refractivity contribution in [2.24, 2.45) is 5.92 Å². The van der Waals surface area contributed by atoms with Crippen molar-refractivity contribution >= 4 is 11.5 Å². The molecule has 4 heterocycles. The smallest absolute Gasteiger partial charge is 0.147 e. The summed E-state index contributed by atoms with van der Waals surface area (Å²) >= 11 is 0. The van der Waals surface area contributed by atoms with Gasteiger partial charge in [0.2, 0.25) is 0 Å². The van der Waals surface area contributed by atoms with E-state index in [1.165, 1.54) is 12.8 Å². The molecule has 5 nitrogen and oxygen atoms in total. The highest BCUT2D eigenvalue weighted by atomic mass is 16.5. The van der Waals surface area contributed by atoms with Crippen molar-refractivity contribution < 1.29 is 4.74 Å². The summed E-state index contributed by atoms with van der Waals surface area (Å²) in [7, 11) is 1.68. The second-order valence-electron chi connectivity index (χ2n) is 5.23. The number of rotatable bonds is 2. The summed E-state index contributed by atoms with van der Waals surface area (Å²) in [6.07, 6.45) is 4.42. The highest BCUT2D eigenvalue weighted by Crippen LogP contribution is 2.32. The molecule has 1 aromatic heterocycles. The third kappa shape index (κ3) is 2.10. The first-order valence-electron chi connectivity index (χ1n) is 6.54. The van der Waals surface area contributed by atoms with Crippen LogP contribution in [0.1, 0.15) is 12.8 Å². The highest BCUT2D eigenvalue weighted by Gasteiger charge is 2.30. The Morgan fingerprint density at radius 1 is 1.44 bits per heavy atom. The molecule has 0 aromatic carbocycles. The van der Waals surface area contributed by atoms with Crippen LogP contribution in [0.3, 0.4) is 0 Å². The molecular weight excluding hydrogens is 228 g/mol. The molecule has 0 radical (unpaired) electrons. The molecule has 3 saturated heterocycles. The fraction of sp³-hybridized carbons (Fsp3) is 0.615. The summed E-state index contributed by atoms with van der Waals surface area (Å²) in [6, 6.07) is 2.39. The number of pyridine rings is 1. The highest BCUT2D eigenvalue weighted by molar-refractivity contribution is 5.60. The lowest BCUT2D eigenvalue weighted by molar-refractivity contribution is 0.359. The molecule has 18 heavy (non-hydrogen) atoms. The second kappa shape index (κ2) is 4.65. The van der Waals surface area contributed by atoms with E-state index < -0.39 is 0 Å². The molecule has 0 amide bonds. The Balaban J connectivity index is 1.90. The van der Waals surface area contributed by atoms with E-state index in [-0.39, 0.29) is 0 Å². The lowest BCUT2D eigenvalue weighted by Crippen LogP contribution is -2.39. The van der Waals surface area contributed by atoms with Crippen molar-refractivity contribution in [2.45, 2.75) is 18.9 Å². The molecule has 98 valence electrons. The SMILES string of the molecule is COc1cc(N)ncc1N1CC2CCC(C1)NC2. The van der Waals surface area contributed by atoms with Gasteiger partial charge in [-0.2, -0.15) is 0 Å². The van der Waals surface area contributed by atoms with Gasteiger partial charge < -0.3 is 20.7 Å².